The Morgan fingerprint density at radius 1 is 1.21 bits per heavy atom. The van der Waals surface area contributed by atoms with Crippen LogP contribution >= 0.6 is 11.8 Å². The van der Waals surface area contributed by atoms with E-state index in [1.165, 1.54) is 10.9 Å². The van der Waals surface area contributed by atoms with Gasteiger partial charge in [-0.3, -0.25) is 9.89 Å². The van der Waals surface area contributed by atoms with Gasteiger partial charge in [0.2, 0.25) is 11.8 Å². The van der Waals surface area contributed by atoms with Gasteiger partial charge in [-0.2, -0.15) is 4.98 Å². The van der Waals surface area contributed by atoms with Gasteiger partial charge >= 0.3 is 0 Å². The summed E-state index contributed by atoms with van der Waals surface area (Å²) in [6, 6.07) is 1.78. The Labute approximate surface area is 146 Å². The molecule has 3 aliphatic heterocycles. The molecule has 0 aromatic carbocycles. The summed E-state index contributed by atoms with van der Waals surface area (Å²) in [7, 11) is 1.63. The maximum atomic E-state index is 5.19. The molecule has 0 bridgehead atoms. The van der Waals surface area contributed by atoms with Gasteiger partial charge in [0.25, 0.3) is 0 Å². The average Bonchev–Trinajstić information content (AvgIpc) is 3.05. The van der Waals surface area contributed by atoms with Crippen molar-refractivity contribution in [2.75, 3.05) is 57.8 Å². The fourth-order valence-electron chi connectivity index (χ4n) is 3.19. The van der Waals surface area contributed by atoms with E-state index in [1.54, 1.807) is 31.1 Å². The SMILES string of the molecule is COc1ccnc(N2CCN(CC3=CSC4=NCCCN34)CC2)n1. The molecule has 3 aliphatic rings. The lowest BCUT2D eigenvalue weighted by Crippen LogP contribution is -2.48. The normalized spacial score (nSPS) is 21.4. The van der Waals surface area contributed by atoms with Crippen LogP contribution in [-0.2, 0) is 0 Å². The van der Waals surface area contributed by atoms with Crippen molar-refractivity contribution < 1.29 is 4.74 Å². The van der Waals surface area contributed by atoms with E-state index in [1.807, 2.05) is 0 Å². The minimum atomic E-state index is 0.618. The summed E-state index contributed by atoms with van der Waals surface area (Å²) < 4.78 is 5.19. The third kappa shape index (κ3) is 3.21. The first-order valence-electron chi connectivity index (χ1n) is 8.35. The van der Waals surface area contributed by atoms with Crippen molar-refractivity contribution in [3.05, 3.63) is 23.4 Å². The van der Waals surface area contributed by atoms with Crippen LogP contribution in [0.5, 0.6) is 5.88 Å². The largest absolute Gasteiger partial charge is 0.481 e. The molecule has 0 unspecified atom stereocenters. The fourth-order valence-corrected chi connectivity index (χ4v) is 4.14. The van der Waals surface area contributed by atoms with Crippen molar-refractivity contribution in [2.24, 2.45) is 4.99 Å². The summed E-state index contributed by atoms with van der Waals surface area (Å²) in [5.41, 5.74) is 1.39. The summed E-state index contributed by atoms with van der Waals surface area (Å²) in [5, 5.41) is 3.45. The fraction of sp³-hybridized carbons (Fsp3) is 0.562. The lowest BCUT2D eigenvalue weighted by molar-refractivity contribution is 0.259. The highest BCUT2D eigenvalue weighted by Crippen LogP contribution is 2.29. The number of piperazine rings is 1. The van der Waals surface area contributed by atoms with E-state index in [0.29, 0.717) is 5.88 Å². The van der Waals surface area contributed by atoms with E-state index in [-0.39, 0.29) is 0 Å². The highest BCUT2D eigenvalue weighted by atomic mass is 32.2. The number of amidine groups is 1. The van der Waals surface area contributed by atoms with Gasteiger partial charge < -0.3 is 14.5 Å². The third-order valence-electron chi connectivity index (χ3n) is 4.53. The molecule has 0 aliphatic carbocycles. The Morgan fingerprint density at radius 2 is 2.08 bits per heavy atom. The summed E-state index contributed by atoms with van der Waals surface area (Å²) in [4.78, 5) is 20.5. The number of fused-ring (bicyclic) bond motifs is 1. The van der Waals surface area contributed by atoms with Gasteiger partial charge in [0.15, 0.2) is 5.17 Å². The molecule has 7 nitrogen and oxygen atoms in total. The summed E-state index contributed by atoms with van der Waals surface area (Å²) in [5.74, 6) is 1.38. The average molecular weight is 346 g/mol. The lowest BCUT2D eigenvalue weighted by atomic mass is 10.2. The van der Waals surface area contributed by atoms with Gasteiger partial charge in [-0.25, -0.2) is 4.98 Å². The molecule has 1 aromatic rings. The van der Waals surface area contributed by atoms with Gasteiger partial charge in [-0.05, 0) is 11.8 Å². The number of aromatic nitrogens is 2. The number of nitrogens with zero attached hydrogens (tertiary/aromatic N) is 6. The van der Waals surface area contributed by atoms with E-state index in [2.05, 4.69) is 35.1 Å². The second-order valence-electron chi connectivity index (χ2n) is 6.06. The highest BCUT2D eigenvalue weighted by molar-refractivity contribution is 8.16. The molecule has 128 valence electrons. The minimum absolute atomic E-state index is 0.618. The zero-order valence-corrected chi connectivity index (χ0v) is 14.7. The van der Waals surface area contributed by atoms with Crippen molar-refractivity contribution in [2.45, 2.75) is 6.42 Å². The van der Waals surface area contributed by atoms with Crippen molar-refractivity contribution in [1.29, 1.82) is 0 Å². The first-order chi connectivity index (χ1) is 11.8. The summed E-state index contributed by atoms with van der Waals surface area (Å²) in [6.45, 7) is 6.99. The monoisotopic (exact) mass is 346 g/mol. The first kappa shape index (κ1) is 15.7. The van der Waals surface area contributed by atoms with Crippen LogP contribution in [-0.4, -0.2) is 77.9 Å². The van der Waals surface area contributed by atoms with E-state index in [4.69, 9.17) is 4.74 Å². The maximum absolute atomic E-state index is 5.19. The third-order valence-corrected chi connectivity index (χ3v) is 5.48. The molecule has 0 N–H and O–H groups in total. The van der Waals surface area contributed by atoms with Crippen molar-refractivity contribution in [3.63, 3.8) is 0 Å². The first-order valence-corrected chi connectivity index (χ1v) is 9.23. The van der Waals surface area contributed by atoms with E-state index >= 15 is 0 Å². The number of anilines is 1. The molecule has 4 rings (SSSR count). The van der Waals surface area contributed by atoms with Gasteiger partial charge in [0.1, 0.15) is 0 Å². The van der Waals surface area contributed by atoms with Crippen LogP contribution in [0.3, 0.4) is 0 Å². The van der Waals surface area contributed by atoms with Crippen LogP contribution < -0.4 is 9.64 Å². The Balaban J connectivity index is 1.33. The number of methoxy groups -OCH3 is 1. The Morgan fingerprint density at radius 3 is 2.92 bits per heavy atom. The number of ether oxygens (including phenoxy) is 1. The van der Waals surface area contributed by atoms with E-state index < -0.39 is 0 Å². The van der Waals surface area contributed by atoms with Crippen molar-refractivity contribution in [3.8, 4) is 5.88 Å². The molecule has 1 aromatic heterocycles. The minimum Gasteiger partial charge on any atom is -0.481 e. The Kier molecular flexibility index (Phi) is 4.57. The predicted octanol–water partition coefficient (Wildman–Crippen LogP) is 1.26. The van der Waals surface area contributed by atoms with Gasteiger partial charge in [0.05, 0.1) is 7.11 Å². The molecule has 4 heterocycles. The molecule has 1 saturated heterocycles. The molecule has 0 amide bonds. The second-order valence-corrected chi connectivity index (χ2v) is 6.90. The second kappa shape index (κ2) is 6.98. The number of aliphatic imine (C=N–C) groups is 1. The smallest absolute Gasteiger partial charge is 0.228 e. The van der Waals surface area contributed by atoms with Crippen LogP contribution in [0.4, 0.5) is 5.95 Å². The number of hydrogen-bond acceptors (Lipinski definition) is 8. The quantitative estimate of drug-likeness (QED) is 0.813. The van der Waals surface area contributed by atoms with Crippen LogP contribution in [0, 0.1) is 0 Å². The number of thioether (sulfide) groups is 1. The van der Waals surface area contributed by atoms with Gasteiger partial charge in [-0.15, -0.1) is 0 Å². The molecule has 0 atom stereocenters. The topological polar surface area (TPSA) is 57.1 Å². The maximum Gasteiger partial charge on any atom is 0.228 e. The van der Waals surface area contributed by atoms with Gasteiger partial charge in [0, 0.05) is 63.8 Å². The number of rotatable bonds is 4. The van der Waals surface area contributed by atoms with Gasteiger partial charge in [-0.1, -0.05) is 11.8 Å². The lowest BCUT2D eigenvalue weighted by Gasteiger charge is -2.36. The zero-order chi connectivity index (χ0) is 16.4. The van der Waals surface area contributed by atoms with E-state index in [9.17, 15) is 0 Å². The number of hydrogen-bond donors (Lipinski definition) is 0. The molecule has 24 heavy (non-hydrogen) atoms. The Hall–Kier alpha value is -1.80. The van der Waals surface area contributed by atoms with Crippen LogP contribution in [0.25, 0.3) is 0 Å². The van der Waals surface area contributed by atoms with E-state index in [0.717, 1.165) is 58.2 Å². The zero-order valence-electron chi connectivity index (χ0n) is 13.9. The molecular formula is C16H22N6OS. The van der Waals surface area contributed by atoms with Crippen molar-refractivity contribution >= 4 is 22.9 Å². The standard InChI is InChI=1S/C16H22N6OS/c1-23-14-3-5-17-15(19-14)21-9-7-20(8-10-21)11-13-12-24-16-18-4-2-6-22(13)16/h3,5,12H,2,4,6-11H2,1H3. The molecule has 0 radical (unpaired) electrons. The van der Waals surface area contributed by atoms with Crippen LogP contribution in [0.15, 0.2) is 28.4 Å². The summed E-state index contributed by atoms with van der Waals surface area (Å²) in [6.07, 6.45) is 2.91. The molecule has 0 spiro atoms. The molecule has 0 saturated carbocycles. The summed E-state index contributed by atoms with van der Waals surface area (Å²) >= 11 is 1.77. The predicted molar refractivity (Wildman–Crippen MR) is 96.5 cm³/mol. The van der Waals surface area contributed by atoms with Crippen LogP contribution in [0.2, 0.25) is 0 Å². The molecule has 1 fully saturated rings. The Bertz CT molecular complexity index is 656. The van der Waals surface area contributed by atoms with Crippen LogP contribution in [0.1, 0.15) is 6.42 Å². The van der Waals surface area contributed by atoms with Crippen molar-refractivity contribution in [1.82, 2.24) is 19.8 Å². The molecular weight excluding hydrogens is 324 g/mol. The highest BCUT2D eigenvalue weighted by Gasteiger charge is 2.27. The molecule has 8 heteroatoms.